The number of benzene rings is 1. The van der Waals surface area contributed by atoms with Gasteiger partial charge in [0, 0.05) is 19.1 Å². The number of hydrogen-bond donors (Lipinski definition) is 0. The van der Waals surface area contributed by atoms with Crippen LogP contribution in [-0.4, -0.2) is 55.6 Å². The number of amides is 1. The fraction of sp³-hybridized carbons (Fsp3) is 0.667. The number of hydrogen-bond acceptors (Lipinski definition) is 4. The SMILES string of the molecule is COc1cc2c(cc1OC)CN(C(=O)CN(CCC(C)C)C1CC1)CC2. The second kappa shape index (κ2) is 8.30. The summed E-state index contributed by atoms with van der Waals surface area (Å²) in [7, 11) is 3.31. The molecule has 26 heavy (non-hydrogen) atoms. The minimum atomic E-state index is 0.251. The summed E-state index contributed by atoms with van der Waals surface area (Å²) in [6.45, 7) is 7.52. The molecule has 1 saturated carbocycles. The van der Waals surface area contributed by atoms with Gasteiger partial charge in [0.15, 0.2) is 11.5 Å². The first-order valence-corrected chi connectivity index (χ1v) is 9.77. The van der Waals surface area contributed by atoms with Crippen molar-refractivity contribution in [2.24, 2.45) is 5.92 Å². The molecule has 144 valence electrons. The average molecular weight is 360 g/mol. The number of nitrogens with zero attached hydrogens (tertiary/aromatic N) is 2. The zero-order valence-corrected chi connectivity index (χ0v) is 16.6. The number of carbonyl (C=O) groups excluding carboxylic acids is 1. The number of rotatable bonds is 8. The van der Waals surface area contributed by atoms with Crippen LogP contribution in [0.5, 0.6) is 11.5 Å². The van der Waals surface area contributed by atoms with Gasteiger partial charge in [0.2, 0.25) is 5.91 Å². The Morgan fingerprint density at radius 2 is 1.85 bits per heavy atom. The van der Waals surface area contributed by atoms with Crippen LogP contribution in [0, 0.1) is 5.92 Å². The Hall–Kier alpha value is -1.75. The molecule has 1 aromatic rings. The summed E-state index contributed by atoms with van der Waals surface area (Å²) in [5.41, 5.74) is 2.42. The molecule has 5 heteroatoms. The summed E-state index contributed by atoms with van der Waals surface area (Å²) in [6, 6.07) is 4.69. The van der Waals surface area contributed by atoms with Gasteiger partial charge in [-0.1, -0.05) is 13.8 Å². The van der Waals surface area contributed by atoms with E-state index < -0.39 is 0 Å². The zero-order chi connectivity index (χ0) is 18.7. The van der Waals surface area contributed by atoms with Crippen molar-refractivity contribution < 1.29 is 14.3 Å². The first kappa shape index (κ1) is 19.0. The molecule has 0 spiro atoms. The topological polar surface area (TPSA) is 42.0 Å². The second-order valence-corrected chi connectivity index (χ2v) is 7.93. The van der Waals surface area contributed by atoms with E-state index in [1.165, 1.54) is 24.0 Å². The highest BCUT2D eigenvalue weighted by Gasteiger charge is 2.32. The number of carbonyl (C=O) groups is 1. The van der Waals surface area contributed by atoms with Crippen LogP contribution in [0.15, 0.2) is 12.1 Å². The molecule has 1 amide bonds. The molecule has 0 aromatic heterocycles. The molecule has 0 saturated heterocycles. The Morgan fingerprint density at radius 1 is 1.19 bits per heavy atom. The predicted molar refractivity (Wildman–Crippen MR) is 103 cm³/mol. The lowest BCUT2D eigenvalue weighted by Crippen LogP contribution is -2.43. The van der Waals surface area contributed by atoms with Crippen LogP contribution in [0.25, 0.3) is 0 Å². The van der Waals surface area contributed by atoms with Gasteiger partial charge < -0.3 is 14.4 Å². The van der Waals surface area contributed by atoms with Gasteiger partial charge in [-0.05, 0) is 61.4 Å². The van der Waals surface area contributed by atoms with Crippen molar-refractivity contribution in [3.8, 4) is 11.5 Å². The third-order valence-corrected chi connectivity index (χ3v) is 5.47. The molecule has 0 radical (unpaired) electrons. The van der Waals surface area contributed by atoms with Gasteiger partial charge in [0.25, 0.3) is 0 Å². The Morgan fingerprint density at radius 3 is 2.42 bits per heavy atom. The van der Waals surface area contributed by atoms with Gasteiger partial charge in [0.05, 0.1) is 20.8 Å². The lowest BCUT2D eigenvalue weighted by Gasteiger charge is -2.32. The molecule has 0 N–H and O–H groups in total. The summed E-state index contributed by atoms with van der Waals surface area (Å²) >= 11 is 0. The summed E-state index contributed by atoms with van der Waals surface area (Å²) < 4.78 is 10.8. The van der Waals surface area contributed by atoms with Crippen molar-refractivity contribution in [1.29, 1.82) is 0 Å². The van der Waals surface area contributed by atoms with E-state index in [4.69, 9.17) is 9.47 Å². The number of ether oxygens (including phenoxy) is 2. The van der Waals surface area contributed by atoms with E-state index in [2.05, 4.69) is 24.8 Å². The minimum Gasteiger partial charge on any atom is -0.493 e. The predicted octanol–water partition coefficient (Wildman–Crippen LogP) is 3.10. The minimum absolute atomic E-state index is 0.251. The lowest BCUT2D eigenvalue weighted by atomic mass is 9.98. The van der Waals surface area contributed by atoms with Gasteiger partial charge in [-0.25, -0.2) is 0 Å². The molecule has 2 aliphatic rings. The summed E-state index contributed by atoms with van der Waals surface area (Å²) in [5.74, 6) is 2.42. The molecule has 0 atom stereocenters. The first-order chi connectivity index (χ1) is 12.5. The smallest absolute Gasteiger partial charge is 0.237 e. The molecule has 0 unspecified atom stereocenters. The maximum atomic E-state index is 12.9. The van der Waals surface area contributed by atoms with E-state index in [1.54, 1.807) is 14.2 Å². The lowest BCUT2D eigenvalue weighted by molar-refractivity contribution is -0.133. The summed E-state index contributed by atoms with van der Waals surface area (Å²) in [5, 5.41) is 0. The van der Waals surface area contributed by atoms with Crippen LogP contribution in [0.1, 0.15) is 44.2 Å². The molecule has 1 aliphatic carbocycles. The van der Waals surface area contributed by atoms with Crippen LogP contribution in [-0.2, 0) is 17.8 Å². The van der Waals surface area contributed by atoms with Crippen molar-refractivity contribution in [3.05, 3.63) is 23.3 Å². The first-order valence-electron chi connectivity index (χ1n) is 9.77. The zero-order valence-electron chi connectivity index (χ0n) is 16.6. The molecule has 1 aliphatic heterocycles. The van der Waals surface area contributed by atoms with Crippen LogP contribution < -0.4 is 9.47 Å². The van der Waals surface area contributed by atoms with Gasteiger partial charge in [0.1, 0.15) is 0 Å². The normalized spacial score (nSPS) is 16.8. The van der Waals surface area contributed by atoms with Crippen molar-refractivity contribution >= 4 is 5.91 Å². The molecule has 1 fully saturated rings. The van der Waals surface area contributed by atoms with Crippen molar-refractivity contribution in [3.63, 3.8) is 0 Å². The quantitative estimate of drug-likeness (QED) is 0.714. The second-order valence-electron chi connectivity index (χ2n) is 7.93. The maximum Gasteiger partial charge on any atom is 0.237 e. The largest absolute Gasteiger partial charge is 0.493 e. The number of fused-ring (bicyclic) bond motifs is 1. The standard InChI is InChI=1S/C21H32N2O3/c1-15(2)7-9-22(18-5-6-18)14-21(24)23-10-8-16-11-19(25-3)20(26-4)12-17(16)13-23/h11-12,15,18H,5-10,13-14H2,1-4H3. The van der Waals surface area contributed by atoms with E-state index in [-0.39, 0.29) is 5.91 Å². The fourth-order valence-electron chi connectivity index (χ4n) is 3.62. The van der Waals surface area contributed by atoms with Crippen molar-refractivity contribution in [2.45, 2.75) is 52.1 Å². The van der Waals surface area contributed by atoms with Crippen molar-refractivity contribution in [2.75, 3.05) is 33.9 Å². The van der Waals surface area contributed by atoms with Gasteiger partial charge in [-0.15, -0.1) is 0 Å². The summed E-state index contributed by atoms with van der Waals surface area (Å²) in [4.78, 5) is 17.3. The van der Waals surface area contributed by atoms with Crippen LogP contribution in [0.2, 0.25) is 0 Å². The van der Waals surface area contributed by atoms with Crippen molar-refractivity contribution in [1.82, 2.24) is 9.80 Å². The van der Waals surface area contributed by atoms with Crippen LogP contribution in [0.4, 0.5) is 0 Å². The molecule has 1 aromatic carbocycles. The molecule has 5 nitrogen and oxygen atoms in total. The van der Waals surface area contributed by atoms with Gasteiger partial charge in [-0.3, -0.25) is 9.69 Å². The monoisotopic (exact) mass is 360 g/mol. The third-order valence-electron chi connectivity index (χ3n) is 5.47. The van der Waals surface area contributed by atoms with E-state index in [1.807, 2.05) is 11.0 Å². The molecule has 1 heterocycles. The summed E-state index contributed by atoms with van der Waals surface area (Å²) in [6.07, 6.45) is 4.51. The Bertz CT molecular complexity index is 640. The van der Waals surface area contributed by atoms with Crippen LogP contribution >= 0.6 is 0 Å². The third kappa shape index (κ3) is 4.50. The van der Waals surface area contributed by atoms with E-state index in [0.717, 1.165) is 37.4 Å². The molecular weight excluding hydrogens is 328 g/mol. The van der Waals surface area contributed by atoms with Crippen LogP contribution in [0.3, 0.4) is 0 Å². The van der Waals surface area contributed by atoms with Gasteiger partial charge >= 0.3 is 0 Å². The molecule has 3 rings (SSSR count). The molecular formula is C21H32N2O3. The maximum absolute atomic E-state index is 12.9. The van der Waals surface area contributed by atoms with E-state index >= 15 is 0 Å². The Labute approximate surface area is 157 Å². The fourth-order valence-corrected chi connectivity index (χ4v) is 3.62. The Kier molecular flexibility index (Phi) is 6.07. The number of methoxy groups -OCH3 is 2. The Balaban J connectivity index is 1.64. The average Bonchev–Trinajstić information content (AvgIpc) is 3.48. The van der Waals surface area contributed by atoms with Gasteiger partial charge in [-0.2, -0.15) is 0 Å². The molecule has 0 bridgehead atoms. The highest BCUT2D eigenvalue weighted by Crippen LogP contribution is 2.33. The highest BCUT2D eigenvalue weighted by molar-refractivity contribution is 5.78. The van der Waals surface area contributed by atoms with E-state index in [9.17, 15) is 4.79 Å². The highest BCUT2D eigenvalue weighted by atomic mass is 16.5. The van der Waals surface area contributed by atoms with E-state index in [0.29, 0.717) is 25.0 Å².